The van der Waals surface area contributed by atoms with E-state index in [1.165, 1.54) is 22.7 Å². The van der Waals surface area contributed by atoms with Gasteiger partial charge in [-0.1, -0.05) is 11.8 Å². The number of thiazole rings is 1. The number of aromatic nitrogens is 1. The molecule has 0 aromatic carbocycles. The number of hydrogen-bond donors (Lipinski definition) is 2. The molecule has 2 rings (SSSR count). The van der Waals surface area contributed by atoms with Gasteiger partial charge in [-0.3, -0.25) is 4.79 Å². The molecule has 18 heavy (non-hydrogen) atoms. The zero-order valence-corrected chi connectivity index (χ0v) is 11.1. The molecule has 0 saturated carbocycles. The van der Waals surface area contributed by atoms with E-state index in [0.29, 0.717) is 11.4 Å². The lowest BCUT2D eigenvalue weighted by atomic mass is 10.2. The summed E-state index contributed by atoms with van der Waals surface area (Å²) in [4.78, 5) is 16.7. The lowest BCUT2D eigenvalue weighted by molar-refractivity contribution is 0.0954. The minimum absolute atomic E-state index is 0.124. The van der Waals surface area contributed by atoms with Crippen LogP contribution < -0.4 is 11.1 Å². The molecule has 92 valence electrons. The van der Waals surface area contributed by atoms with E-state index < -0.39 is 0 Å². The van der Waals surface area contributed by atoms with Crippen molar-refractivity contribution in [3.63, 3.8) is 0 Å². The first-order valence-corrected chi connectivity index (χ1v) is 7.00. The van der Waals surface area contributed by atoms with Crippen molar-refractivity contribution in [1.82, 2.24) is 10.3 Å². The summed E-state index contributed by atoms with van der Waals surface area (Å²) in [5.41, 5.74) is 6.04. The van der Waals surface area contributed by atoms with E-state index in [0.717, 1.165) is 10.6 Å². The Morgan fingerprint density at radius 1 is 1.44 bits per heavy atom. The second kappa shape index (κ2) is 6.31. The number of nitrogens with one attached hydrogen (secondary N) is 1. The third-order valence-corrected chi connectivity index (χ3v) is 3.77. The second-order valence-electron chi connectivity index (χ2n) is 3.28. The molecule has 0 spiro atoms. The number of nitrogens with zero attached hydrogens (tertiary/aromatic N) is 1. The van der Waals surface area contributed by atoms with Crippen molar-refractivity contribution in [3.05, 3.63) is 38.5 Å². The molecule has 0 fully saturated rings. The van der Waals surface area contributed by atoms with Gasteiger partial charge in [-0.2, -0.15) is 0 Å². The van der Waals surface area contributed by atoms with Crippen molar-refractivity contribution < 1.29 is 4.79 Å². The van der Waals surface area contributed by atoms with Crippen molar-refractivity contribution in [2.45, 2.75) is 6.54 Å². The van der Waals surface area contributed by atoms with Crippen LogP contribution in [0.1, 0.15) is 20.2 Å². The van der Waals surface area contributed by atoms with Crippen LogP contribution in [0.2, 0.25) is 0 Å². The van der Waals surface area contributed by atoms with Gasteiger partial charge in [-0.05, 0) is 11.4 Å². The first kappa shape index (κ1) is 12.8. The van der Waals surface area contributed by atoms with Crippen LogP contribution in [0, 0.1) is 11.8 Å². The van der Waals surface area contributed by atoms with Crippen LogP contribution in [-0.2, 0) is 6.54 Å². The predicted molar refractivity (Wildman–Crippen MR) is 73.5 cm³/mol. The summed E-state index contributed by atoms with van der Waals surface area (Å²) in [6.07, 6.45) is 1.72. The van der Waals surface area contributed by atoms with E-state index in [1.54, 1.807) is 6.20 Å². The number of carbonyl (C=O) groups is 1. The summed E-state index contributed by atoms with van der Waals surface area (Å²) >= 11 is 2.89. The monoisotopic (exact) mass is 277 g/mol. The van der Waals surface area contributed by atoms with Gasteiger partial charge in [0.1, 0.15) is 9.88 Å². The Labute approximate surface area is 113 Å². The van der Waals surface area contributed by atoms with Crippen molar-refractivity contribution in [2.24, 2.45) is 5.73 Å². The van der Waals surface area contributed by atoms with Crippen LogP contribution in [-0.4, -0.2) is 17.4 Å². The Kier molecular flexibility index (Phi) is 4.47. The summed E-state index contributed by atoms with van der Waals surface area (Å²) in [5.74, 6) is 5.51. The SMILES string of the molecule is NCC#Cc1ccsc1C(=O)NCc1nccs1. The van der Waals surface area contributed by atoms with Gasteiger partial charge in [0.25, 0.3) is 5.91 Å². The molecular weight excluding hydrogens is 266 g/mol. The smallest absolute Gasteiger partial charge is 0.262 e. The average Bonchev–Trinajstić information content (AvgIpc) is 3.04. The van der Waals surface area contributed by atoms with Gasteiger partial charge in [0.2, 0.25) is 0 Å². The van der Waals surface area contributed by atoms with Gasteiger partial charge in [-0.25, -0.2) is 4.98 Å². The highest BCUT2D eigenvalue weighted by Gasteiger charge is 2.11. The predicted octanol–water partition coefficient (Wildman–Crippen LogP) is 1.44. The maximum Gasteiger partial charge on any atom is 0.262 e. The van der Waals surface area contributed by atoms with Gasteiger partial charge in [-0.15, -0.1) is 22.7 Å². The number of amides is 1. The van der Waals surface area contributed by atoms with E-state index in [9.17, 15) is 4.79 Å². The minimum Gasteiger partial charge on any atom is -0.345 e. The van der Waals surface area contributed by atoms with E-state index in [1.807, 2.05) is 16.8 Å². The van der Waals surface area contributed by atoms with Gasteiger partial charge in [0, 0.05) is 17.1 Å². The summed E-state index contributed by atoms with van der Waals surface area (Å²) in [6, 6.07) is 1.83. The van der Waals surface area contributed by atoms with Crippen LogP contribution in [0.3, 0.4) is 0 Å². The van der Waals surface area contributed by atoms with E-state index in [4.69, 9.17) is 5.73 Å². The topological polar surface area (TPSA) is 68.0 Å². The lowest BCUT2D eigenvalue weighted by Crippen LogP contribution is -2.22. The molecule has 6 heteroatoms. The summed E-state index contributed by atoms with van der Waals surface area (Å²) in [6.45, 7) is 0.730. The normalized spacial score (nSPS) is 9.61. The van der Waals surface area contributed by atoms with Crippen LogP contribution in [0.4, 0.5) is 0 Å². The molecule has 0 aliphatic carbocycles. The van der Waals surface area contributed by atoms with Crippen LogP contribution in [0.25, 0.3) is 0 Å². The van der Waals surface area contributed by atoms with Crippen molar-refractivity contribution in [3.8, 4) is 11.8 Å². The zero-order chi connectivity index (χ0) is 12.8. The standard InChI is InChI=1S/C12H11N3OS2/c13-4-1-2-9-3-6-18-11(9)12(16)15-8-10-14-5-7-17-10/h3,5-7H,4,8,13H2,(H,15,16). The number of carbonyl (C=O) groups excluding carboxylic acids is 1. The molecule has 0 aliphatic heterocycles. The maximum atomic E-state index is 12.0. The fourth-order valence-corrected chi connectivity index (χ4v) is 2.63. The largest absolute Gasteiger partial charge is 0.345 e. The van der Waals surface area contributed by atoms with Crippen molar-refractivity contribution in [2.75, 3.05) is 6.54 Å². The van der Waals surface area contributed by atoms with Crippen LogP contribution in [0.5, 0.6) is 0 Å². The Bertz CT molecular complexity index is 578. The van der Waals surface area contributed by atoms with Crippen molar-refractivity contribution in [1.29, 1.82) is 0 Å². The number of rotatable bonds is 3. The Morgan fingerprint density at radius 3 is 3.06 bits per heavy atom. The highest BCUT2D eigenvalue weighted by molar-refractivity contribution is 7.12. The molecule has 0 atom stereocenters. The number of nitrogens with two attached hydrogens (primary N) is 1. The third-order valence-electron chi connectivity index (χ3n) is 2.08. The first-order chi connectivity index (χ1) is 8.81. The third kappa shape index (κ3) is 3.17. The molecule has 0 radical (unpaired) electrons. The molecule has 4 nitrogen and oxygen atoms in total. The average molecular weight is 277 g/mol. The Hall–Kier alpha value is -1.68. The second-order valence-corrected chi connectivity index (χ2v) is 5.17. The molecule has 0 unspecified atom stereocenters. The maximum absolute atomic E-state index is 12.0. The fraction of sp³-hybridized carbons (Fsp3) is 0.167. The highest BCUT2D eigenvalue weighted by atomic mass is 32.1. The molecule has 2 aromatic rings. The molecule has 0 aliphatic rings. The Balaban J connectivity index is 2.02. The summed E-state index contributed by atoms with van der Waals surface area (Å²) < 4.78 is 0. The van der Waals surface area contributed by atoms with Gasteiger partial charge in [0.15, 0.2) is 0 Å². The lowest BCUT2D eigenvalue weighted by Gasteiger charge is -2.01. The summed E-state index contributed by atoms with van der Waals surface area (Å²) in [7, 11) is 0. The number of thiophene rings is 1. The van der Waals surface area contributed by atoms with E-state index in [2.05, 4.69) is 22.1 Å². The fourth-order valence-electron chi connectivity index (χ4n) is 1.31. The molecule has 1 amide bonds. The summed E-state index contributed by atoms with van der Waals surface area (Å²) in [5, 5.41) is 7.43. The van der Waals surface area contributed by atoms with Gasteiger partial charge in [0.05, 0.1) is 13.1 Å². The van der Waals surface area contributed by atoms with Crippen molar-refractivity contribution >= 4 is 28.6 Å². The molecule has 3 N–H and O–H groups in total. The highest BCUT2D eigenvalue weighted by Crippen LogP contribution is 2.16. The van der Waals surface area contributed by atoms with Crippen LogP contribution in [0.15, 0.2) is 23.0 Å². The molecule has 2 heterocycles. The molecule has 0 saturated heterocycles. The van der Waals surface area contributed by atoms with Gasteiger partial charge < -0.3 is 11.1 Å². The minimum atomic E-state index is -0.124. The first-order valence-electron chi connectivity index (χ1n) is 5.24. The molecule has 2 aromatic heterocycles. The molecule has 0 bridgehead atoms. The van der Waals surface area contributed by atoms with E-state index in [-0.39, 0.29) is 12.5 Å². The quantitative estimate of drug-likeness (QED) is 0.834. The Morgan fingerprint density at radius 2 is 2.33 bits per heavy atom. The molecular formula is C12H11N3OS2. The zero-order valence-electron chi connectivity index (χ0n) is 9.47. The van der Waals surface area contributed by atoms with Crippen LogP contribution >= 0.6 is 22.7 Å². The van der Waals surface area contributed by atoms with Gasteiger partial charge >= 0.3 is 0 Å². The van der Waals surface area contributed by atoms with E-state index >= 15 is 0 Å². The number of hydrogen-bond acceptors (Lipinski definition) is 5.